The summed E-state index contributed by atoms with van der Waals surface area (Å²) >= 11 is 0. The maximum atomic E-state index is 12.1. The van der Waals surface area contributed by atoms with Gasteiger partial charge in [0.15, 0.2) is 0 Å². The van der Waals surface area contributed by atoms with Crippen LogP contribution in [0.4, 0.5) is 11.6 Å². The van der Waals surface area contributed by atoms with Gasteiger partial charge in [-0.05, 0) is 18.2 Å². The number of H-pyrrole nitrogens is 1. The maximum absolute atomic E-state index is 12.1. The molecule has 1 aromatic carbocycles. The number of aromatic amines is 1. The van der Waals surface area contributed by atoms with Gasteiger partial charge in [0.05, 0.1) is 5.56 Å². The van der Waals surface area contributed by atoms with Crippen LogP contribution in [0.3, 0.4) is 0 Å². The molecule has 0 saturated heterocycles. The van der Waals surface area contributed by atoms with E-state index in [0.29, 0.717) is 0 Å². The summed E-state index contributed by atoms with van der Waals surface area (Å²) in [5, 5.41) is 8.99. The monoisotopic (exact) mass is 282 g/mol. The lowest BCUT2D eigenvalue weighted by atomic mass is 10.2. The van der Waals surface area contributed by atoms with Crippen molar-refractivity contribution in [1.82, 2.24) is 9.97 Å². The van der Waals surface area contributed by atoms with Crippen molar-refractivity contribution in [2.45, 2.75) is 4.90 Å². The van der Waals surface area contributed by atoms with E-state index < -0.39 is 20.9 Å². The molecule has 1 aromatic heterocycles. The second-order valence-electron chi connectivity index (χ2n) is 3.60. The molecule has 0 bridgehead atoms. The Morgan fingerprint density at radius 1 is 1.42 bits per heavy atom. The molecule has 2 rings (SSSR count). The number of hydrogen-bond acceptors (Lipinski definition) is 5. The van der Waals surface area contributed by atoms with Gasteiger partial charge >= 0.3 is 5.97 Å². The van der Waals surface area contributed by atoms with Crippen molar-refractivity contribution in [2.24, 2.45) is 0 Å². The first-order valence-electron chi connectivity index (χ1n) is 5.05. The standard InChI is InChI=1S/C10H10N4O4S/c11-6-1-2-7(9(15)16)8(5-6)19(17,18)14-10-12-3-4-13-10/h1-5H,11H2,(H,15,16)(H2,12,13,14). The second kappa shape index (κ2) is 4.61. The van der Waals surface area contributed by atoms with Crippen molar-refractivity contribution in [2.75, 3.05) is 10.5 Å². The quantitative estimate of drug-likeness (QED) is 0.602. The minimum Gasteiger partial charge on any atom is -0.478 e. The number of nitrogen functional groups attached to an aromatic ring is 1. The number of nitrogens with zero attached hydrogens (tertiary/aromatic N) is 1. The number of imidazole rings is 1. The molecule has 19 heavy (non-hydrogen) atoms. The van der Waals surface area contributed by atoms with Gasteiger partial charge in [-0.3, -0.25) is 0 Å². The van der Waals surface area contributed by atoms with Gasteiger partial charge in [0.25, 0.3) is 10.0 Å². The predicted octanol–water partition coefficient (Wildman–Crippen LogP) is 0.491. The minimum absolute atomic E-state index is 0.0150. The molecule has 0 saturated carbocycles. The number of carbonyl (C=O) groups is 1. The first-order chi connectivity index (χ1) is 8.90. The zero-order valence-corrected chi connectivity index (χ0v) is 10.3. The molecule has 0 aliphatic carbocycles. The van der Waals surface area contributed by atoms with E-state index in [2.05, 4.69) is 14.7 Å². The van der Waals surface area contributed by atoms with Crippen LogP contribution in [-0.4, -0.2) is 29.5 Å². The van der Waals surface area contributed by atoms with Crippen LogP contribution in [0.1, 0.15) is 10.4 Å². The third-order valence-electron chi connectivity index (χ3n) is 2.25. The normalized spacial score (nSPS) is 11.2. The van der Waals surface area contributed by atoms with Gasteiger partial charge in [-0.25, -0.2) is 22.9 Å². The number of aromatic carboxylic acids is 1. The molecule has 0 amide bonds. The Morgan fingerprint density at radius 3 is 2.74 bits per heavy atom. The number of benzene rings is 1. The number of anilines is 2. The summed E-state index contributed by atoms with van der Waals surface area (Å²) in [4.78, 5) is 16.9. The lowest BCUT2D eigenvalue weighted by Gasteiger charge is -2.09. The molecule has 0 fully saturated rings. The third kappa shape index (κ3) is 2.65. The van der Waals surface area contributed by atoms with E-state index in [1.165, 1.54) is 18.5 Å². The average molecular weight is 282 g/mol. The van der Waals surface area contributed by atoms with Crippen molar-refractivity contribution in [3.63, 3.8) is 0 Å². The highest BCUT2D eigenvalue weighted by Gasteiger charge is 2.23. The van der Waals surface area contributed by atoms with Crippen LogP contribution in [0.5, 0.6) is 0 Å². The molecule has 0 aliphatic heterocycles. The smallest absolute Gasteiger partial charge is 0.337 e. The first kappa shape index (κ1) is 12.9. The predicted molar refractivity (Wildman–Crippen MR) is 67.2 cm³/mol. The summed E-state index contributed by atoms with van der Waals surface area (Å²) in [5.74, 6) is -1.38. The second-order valence-corrected chi connectivity index (χ2v) is 5.25. The molecule has 5 N–H and O–H groups in total. The van der Waals surface area contributed by atoms with E-state index in [-0.39, 0.29) is 17.2 Å². The van der Waals surface area contributed by atoms with Gasteiger partial charge in [-0.2, -0.15) is 0 Å². The fourth-order valence-electron chi connectivity index (χ4n) is 1.44. The van der Waals surface area contributed by atoms with Crippen LogP contribution in [0.2, 0.25) is 0 Å². The van der Waals surface area contributed by atoms with Crippen molar-refractivity contribution in [3.05, 3.63) is 36.2 Å². The Morgan fingerprint density at radius 2 is 2.16 bits per heavy atom. The number of carboxylic acid groups (broad SMARTS) is 1. The molecular weight excluding hydrogens is 272 g/mol. The van der Waals surface area contributed by atoms with E-state index in [0.717, 1.165) is 12.1 Å². The van der Waals surface area contributed by atoms with Gasteiger partial charge in [0.1, 0.15) is 4.90 Å². The topological polar surface area (TPSA) is 138 Å². The van der Waals surface area contributed by atoms with Crippen molar-refractivity contribution in [1.29, 1.82) is 0 Å². The number of sulfonamides is 1. The highest BCUT2D eigenvalue weighted by molar-refractivity contribution is 7.92. The fourth-order valence-corrected chi connectivity index (χ4v) is 2.65. The van der Waals surface area contributed by atoms with E-state index in [1.54, 1.807) is 0 Å². The summed E-state index contributed by atoms with van der Waals surface area (Å²) in [6, 6.07) is 3.53. The van der Waals surface area contributed by atoms with Crippen molar-refractivity contribution < 1.29 is 18.3 Å². The Balaban J connectivity index is 2.50. The molecule has 0 radical (unpaired) electrons. The number of rotatable bonds is 4. The molecule has 2 aromatic rings. The Hall–Kier alpha value is -2.55. The largest absolute Gasteiger partial charge is 0.478 e. The number of aromatic nitrogens is 2. The van der Waals surface area contributed by atoms with E-state index >= 15 is 0 Å². The zero-order chi connectivity index (χ0) is 14.0. The summed E-state index contributed by atoms with van der Waals surface area (Å²) in [6.07, 6.45) is 2.78. The van der Waals surface area contributed by atoms with Crippen LogP contribution in [0, 0.1) is 0 Å². The van der Waals surface area contributed by atoms with E-state index in [1.807, 2.05) is 0 Å². The van der Waals surface area contributed by atoms with Gasteiger partial charge < -0.3 is 15.8 Å². The average Bonchev–Trinajstić information content (AvgIpc) is 2.80. The number of hydrogen-bond donors (Lipinski definition) is 4. The van der Waals surface area contributed by atoms with Crippen LogP contribution < -0.4 is 10.5 Å². The number of nitrogens with two attached hydrogens (primary N) is 1. The van der Waals surface area contributed by atoms with Crippen LogP contribution >= 0.6 is 0 Å². The van der Waals surface area contributed by atoms with E-state index in [4.69, 9.17) is 10.8 Å². The Labute approximate surface area is 108 Å². The molecule has 0 spiro atoms. The number of nitrogens with one attached hydrogen (secondary N) is 2. The molecule has 9 heteroatoms. The van der Waals surface area contributed by atoms with Gasteiger partial charge in [-0.15, -0.1) is 0 Å². The summed E-state index contributed by atoms with van der Waals surface area (Å²) in [6.45, 7) is 0. The Bertz CT molecular complexity index is 709. The van der Waals surface area contributed by atoms with E-state index in [9.17, 15) is 13.2 Å². The zero-order valence-electron chi connectivity index (χ0n) is 9.49. The van der Waals surface area contributed by atoms with Crippen molar-refractivity contribution in [3.8, 4) is 0 Å². The highest BCUT2D eigenvalue weighted by Crippen LogP contribution is 2.21. The van der Waals surface area contributed by atoms with Gasteiger partial charge in [-0.1, -0.05) is 0 Å². The molecule has 100 valence electrons. The molecule has 0 unspecified atom stereocenters. The lowest BCUT2D eigenvalue weighted by molar-refractivity contribution is 0.0692. The van der Waals surface area contributed by atoms with Crippen molar-refractivity contribution >= 4 is 27.6 Å². The molecule has 8 nitrogen and oxygen atoms in total. The fraction of sp³-hybridized carbons (Fsp3) is 0. The number of carboxylic acids is 1. The molecule has 0 aliphatic rings. The van der Waals surface area contributed by atoms with Gasteiger partial charge in [0, 0.05) is 18.1 Å². The molecular formula is C10H10N4O4S. The maximum Gasteiger partial charge on any atom is 0.337 e. The third-order valence-corrected chi connectivity index (χ3v) is 3.63. The highest BCUT2D eigenvalue weighted by atomic mass is 32.2. The van der Waals surface area contributed by atoms with Crippen LogP contribution in [0.25, 0.3) is 0 Å². The minimum atomic E-state index is -4.09. The summed E-state index contributed by atoms with van der Waals surface area (Å²) in [7, 11) is -4.09. The van der Waals surface area contributed by atoms with Gasteiger partial charge in [0.2, 0.25) is 5.95 Å². The Kier molecular flexibility index (Phi) is 3.13. The summed E-state index contributed by atoms with van der Waals surface area (Å²) in [5.41, 5.74) is 5.27. The molecule has 1 heterocycles. The molecule has 0 atom stereocenters. The van der Waals surface area contributed by atoms with Crippen LogP contribution in [-0.2, 0) is 10.0 Å². The SMILES string of the molecule is Nc1ccc(C(=O)O)c(S(=O)(=O)Nc2ncc[nH]2)c1. The summed E-state index contributed by atoms with van der Waals surface area (Å²) < 4.78 is 26.3. The lowest BCUT2D eigenvalue weighted by Crippen LogP contribution is -2.18. The first-order valence-corrected chi connectivity index (χ1v) is 6.53. The van der Waals surface area contributed by atoms with Crippen LogP contribution in [0.15, 0.2) is 35.5 Å².